The van der Waals surface area contributed by atoms with Crippen LogP contribution in [-0.4, -0.2) is 96.9 Å². The molecule has 2 aliphatic rings. The highest BCUT2D eigenvalue weighted by molar-refractivity contribution is 5.97. The first-order valence-corrected chi connectivity index (χ1v) is 12.0. The number of carbonyl (C=O) groups excluding carboxylic acids is 2. The molecule has 0 radical (unpaired) electrons. The molecule has 2 saturated heterocycles. The monoisotopic (exact) mass is 486 g/mol. The van der Waals surface area contributed by atoms with Crippen LogP contribution in [-0.2, 0) is 11.3 Å². The molecule has 0 aliphatic carbocycles. The maximum atomic E-state index is 12.9. The zero-order valence-corrected chi connectivity index (χ0v) is 20.0. The Morgan fingerprint density at radius 2 is 1.43 bits per heavy atom. The van der Waals surface area contributed by atoms with Gasteiger partial charge in [-0.05, 0) is 30.2 Å². The number of alkyl halides is 2. The van der Waals surface area contributed by atoms with E-state index in [1.54, 1.807) is 17.0 Å². The maximum Gasteiger partial charge on any atom is 0.387 e. The summed E-state index contributed by atoms with van der Waals surface area (Å²) in [6, 6.07) is 14.4. The average molecular weight is 487 g/mol. The van der Waals surface area contributed by atoms with Crippen molar-refractivity contribution < 1.29 is 23.1 Å². The third-order valence-electron chi connectivity index (χ3n) is 6.73. The number of ether oxygens (including phenoxy) is 1. The van der Waals surface area contributed by atoms with Gasteiger partial charge in [-0.3, -0.25) is 19.4 Å². The van der Waals surface area contributed by atoms with Gasteiger partial charge in [0.05, 0.1) is 12.1 Å². The molecule has 0 bridgehead atoms. The van der Waals surface area contributed by atoms with Gasteiger partial charge in [0.2, 0.25) is 5.91 Å². The number of hydrogen-bond acceptors (Lipinski definition) is 5. The predicted octanol–water partition coefficient (Wildman–Crippen LogP) is 2.70. The Morgan fingerprint density at radius 1 is 0.829 bits per heavy atom. The number of aryl methyl sites for hydroxylation is 1. The van der Waals surface area contributed by atoms with Crippen LogP contribution < -0.4 is 4.74 Å². The molecule has 0 spiro atoms. The van der Waals surface area contributed by atoms with Gasteiger partial charge >= 0.3 is 6.61 Å². The first-order chi connectivity index (χ1) is 16.9. The summed E-state index contributed by atoms with van der Waals surface area (Å²) in [5.41, 5.74) is 2.73. The molecule has 2 aliphatic heterocycles. The number of benzene rings is 2. The first-order valence-electron chi connectivity index (χ1n) is 12.0. The predicted molar refractivity (Wildman–Crippen MR) is 128 cm³/mol. The molecule has 2 amide bonds. The molecule has 4 rings (SSSR count). The van der Waals surface area contributed by atoms with Crippen LogP contribution in [0.2, 0.25) is 0 Å². The fourth-order valence-electron chi connectivity index (χ4n) is 4.60. The molecule has 2 heterocycles. The average Bonchev–Trinajstić information content (AvgIpc) is 2.86. The highest BCUT2D eigenvalue weighted by Gasteiger charge is 2.28. The van der Waals surface area contributed by atoms with E-state index >= 15 is 0 Å². The number of piperazine rings is 2. The molecule has 0 N–H and O–H groups in total. The van der Waals surface area contributed by atoms with E-state index in [4.69, 9.17) is 0 Å². The summed E-state index contributed by atoms with van der Waals surface area (Å²) >= 11 is 0. The lowest BCUT2D eigenvalue weighted by Crippen LogP contribution is -2.54. The van der Waals surface area contributed by atoms with Crippen LogP contribution in [0, 0.1) is 6.92 Å². The number of hydrogen-bond donors (Lipinski definition) is 0. The Bertz CT molecular complexity index is 1020. The molecule has 9 heteroatoms. The van der Waals surface area contributed by atoms with Crippen molar-refractivity contribution in [3.63, 3.8) is 0 Å². The number of nitrogens with zero attached hydrogens (tertiary/aromatic N) is 4. The van der Waals surface area contributed by atoms with Crippen molar-refractivity contribution in [2.45, 2.75) is 20.1 Å². The second-order valence-electron chi connectivity index (χ2n) is 9.03. The van der Waals surface area contributed by atoms with Crippen LogP contribution in [0.25, 0.3) is 0 Å². The third-order valence-corrected chi connectivity index (χ3v) is 6.73. The molecule has 2 aromatic carbocycles. The molecule has 0 unspecified atom stereocenters. The van der Waals surface area contributed by atoms with Gasteiger partial charge in [-0.25, -0.2) is 0 Å². The van der Waals surface area contributed by atoms with E-state index in [1.807, 2.05) is 15.9 Å². The molecule has 188 valence electrons. The molecule has 7 nitrogen and oxygen atoms in total. The van der Waals surface area contributed by atoms with Crippen molar-refractivity contribution >= 4 is 11.8 Å². The van der Waals surface area contributed by atoms with Gasteiger partial charge in [0, 0.05) is 58.9 Å². The van der Waals surface area contributed by atoms with Crippen molar-refractivity contribution in [2.24, 2.45) is 0 Å². The van der Waals surface area contributed by atoms with Gasteiger partial charge in [0.1, 0.15) is 5.75 Å². The van der Waals surface area contributed by atoms with E-state index in [0.29, 0.717) is 45.8 Å². The van der Waals surface area contributed by atoms with Crippen LogP contribution in [0.15, 0.2) is 48.5 Å². The summed E-state index contributed by atoms with van der Waals surface area (Å²) in [6.45, 7) is 5.46. The van der Waals surface area contributed by atoms with Gasteiger partial charge < -0.3 is 14.5 Å². The Kier molecular flexibility index (Phi) is 8.30. The van der Waals surface area contributed by atoms with Crippen LogP contribution in [0.5, 0.6) is 5.75 Å². The minimum Gasteiger partial charge on any atom is -0.434 e. The molecular formula is C26H32F2N4O3. The fraction of sp³-hybridized carbons (Fsp3) is 0.462. The van der Waals surface area contributed by atoms with Crippen LogP contribution in [0.3, 0.4) is 0 Å². The molecule has 2 aromatic rings. The minimum atomic E-state index is -2.99. The minimum absolute atomic E-state index is 0.107. The van der Waals surface area contributed by atoms with E-state index in [-0.39, 0.29) is 23.1 Å². The molecule has 0 saturated carbocycles. The summed E-state index contributed by atoms with van der Waals surface area (Å²) in [4.78, 5) is 33.7. The van der Waals surface area contributed by atoms with Crippen LogP contribution in [0.4, 0.5) is 8.78 Å². The highest BCUT2D eigenvalue weighted by atomic mass is 19.3. The van der Waals surface area contributed by atoms with Gasteiger partial charge in [-0.15, -0.1) is 0 Å². The lowest BCUT2D eigenvalue weighted by molar-refractivity contribution is -0.134. The Hall–Kier alpha value is -3.04. The fourth-order valence-corrected chi connectivity index (χ4v) is 4.60. The Morgan fingerprint density at radius 3 is 2.11 bits per heavy atom. The second-order valence-corrected chi connectivity index (χ2v) is 9.03. The maximum absolute atomic E-state index is 12.9. The second kappa shape index (κ2) is 11.6. The van der Waals surface area contributed by atoms with Gasteiger partial charge in [-0.1, -0.05) is 36.4 Å². The largest absolute Gasteiger partial charge is 0.434 e. The number of rotatable bonds is 7. The number of halogens is 2. The first kappa shape index (κ1) is 25.1. The zero-order valence-electron chi connectivity index (χ0n) is 20.0. The quantitative estimate of drug-likeness (QED) is 0.603. The zero-order chi connectivity index (χ0) is 24.8. The van der Waals surface area contributed by atoms with E-state index in [2.05, 4.69) is 34.8 Å². The SMILES string of the molecule is Cc1ccccc1CN1CCN(C(=O)CN2CCN(C(=O)c3ccccc3OC(F)F)CC2)CC1. The van der Waals surface area contributed by atoms with Gasteiger partial charge in [0.15, 0.2) is 0 Å². The topological polar surface area (TPSA) is 56.3 Å². The third kappa shape index (κ3) is 6.55. The van der Waals surface area contributed by atoms with Crippen LogP contribution >= 0.6 is 0 Å². The highest BCUT2D eigenvalue weighted by Crippen LogP contribution is 2.22. The molecule has 2 fully saturated rings. The normalized spacial score (nSPS) is 17.6. The van der Waals surface area contributed by atoms with Crippen molar-refractivity contribution in [3.05, 3.63) is 65.2 Å². The summed E-state index contributed by atoms with van der Waals surface area (Å²) in [5, 5.41) is 0. The summed E-state index contributed by atoms with van der Waals surface area (Å²) in [5.74, 6) is -0.348. The summed E-state index contributed by atoms with van der Waals surface area (Å²) in [7, 11) is 0. The van der Waals surface area contributed by atoms with Crippen molar-refractivity contribution in [2.75, 3.05) is 58.9 Å². The van der Waals surface area contributed by atoms with Gasteiger partial charge in [-0.2, -0.15) is 8.78 Å². The van der Waals surface area contributed by atoms with Crippen molar-refractivity contribution in [1.29, 1.82) is 0 Å². The summed E-state index contributed by atoms with van der Waals surface area (Å²) < 4.78 is 29.9. The molecule has 0 aromatic heterocycles. The smallest absolute Gasteiger partial charge is 0.387 e. The van der Waals surface area contributed by atoms with Crippen LogP contribution in [0.1, 0.15) is 21.5 Å². The van der Waals surface area contributed by atoms with E-state index in [1.165, 1.54) is 23.3 Å². The van der Waals surface area contributed by atoms with Crippen molar-refractivity contribution in [1.82, 2.24) is 19.6 Å². The standard InChI is InChI=1S/C26H32F2N4O3/c1-20-6-2-3-7-21(20)18-29-10-14-31(15-11-29)24(33)19-30-12-16-32(17-13-30)25(34)22-8-4-5-9-23(22)35-26(27)28/h2-9,26H,10-19H2,1H3. The van der Waals surface area contributed by atoms with Crippen molar-refractivity contribution in [3.8, 4) is 5.75 Å². The number of carbonyl (C=O) groups is 2. The van der Waals surface area contributed by atoms with E-state index < -0.39 is 6.61 Å². The molecular weight excluding hydrogens is 454 g/mol. The number of amides is 2. The Balaban J connectivity index is 1.22. The Labute approximate surface area is 204 Å². The molecule has 0 atom stereocenters. The number of para-hydroxylation sites is 1. The summed E-state index contributed by atoms with van der Waals surface area (Å²) in [6.07, 6.45) is 0. The lowest BCUT2D eigenvalue weighted by atomic mass is 10.1. The lowest BCUT2D eigenvalue weighted by Gasteiger charge is -2.38. The van der Waals surface area contributed by atoms with E-state index in [9.17, 15) is 18.4 Å². The van der Waals surface area contributed by atoms with E-state index in [0.717, 1.165) is 19.6 Å². The van der Waals surface area contributed by atoms with Gasteiger partial charge in [0.25, 0.3) is 5.91 Å². The molecule has 35 heavy (non-hydrogen) atoms.